The van der Waals surface area contributed by atoms with E-state index in [-0.39, 0.29) is 17.2 Å². The number of halogens is 1. The van der Waals surface area contributed by atoms with Crippen LogP contribution in [0.2, 0.25) is 0 Å². The monoisotopic (exact) mass is 247 g/mol. The highest BCUT2D eigenvalue weighted by Gasteiger charge is 2.15. The van der Waals surface area contributed by atoms with Gasteiger partial charge in [0.2, 0.25) is 0 Å². The van der Waals surface area contributed by atoms with E-state index in [2.05, 4.69) is 25.6 Å². The third-order valence-corrected chi connectivity index (χ3v) is 2.18. The van der Waals surface area contributed by atoms with Gasteiger partial charge in [-0.3, -0.25) is 9.78 Å². The molecule has 18 heavy (non-hydrogen) atoms. The van der Waals surface area contributed by atoms with Gasteiger partial charge in [-0.05, 0) is 6.07 Å². The van der Waals surface area contributed by atoms with Crippen LogP contribution in [-0.2, 0) is 0 Å². The molecular formula is C11H10FN5O. The van der Waals surface area contributed by atoms with Crippen molar-refractivity contribution in [3.63, 3.8) is 0 Å². The maximum absolute atomic E-state index is 13.8. The highest BCUT2D eigenvalue weighted by atomic mass is 19.1. The summed E-state index contributed by atoms with van der Waals surface area (Å²) >= 11 is 0. The molecule has 0 radical (unpaired) electrons. The lowest BCUT2D eigenvalue weighted by Gasteiger charge is -2.07. The molecule has 1 amide bonds. The average Bonchev–Trinajstić information content (AvgIpc) is 2.40. The summed E-state index contributed by atoms with van der Waals surface area (Å²) in [6, 6.07) is 1.29. The minimum Gasteiger partial charge on any atom is -0.371 e. The lowest BCUT2D eigenvalue weighted by atomic mass is 10.2. The van der Waals surface area contributed by atoms with E-state index < -0.39 is 11.7 Å². The van der Waals surface area contributed by atoms with Gasteiger partial charge in [-0.1, -0.05) is 0 Å². The molecule has 0 aliphatic heterocycles. The molecule has 2 aromatic heterocycles. The number of aromatic nitrogens is 3. The maximum Gasteiger partial charge on any atom is 0.260 e. The van der Waals surface area contributed by atoms with Gasteiger partial charge in [-0.15, -0.1) is 0 Å². The predicted octanol–water partition coefficient (Wildman–Crippen LogP) is 1.30. The third-order valence-electron chi connectivity index (χ3n) is 2.18. The summed E-state index contributed by atoms with van der Waals surface area (Å²) in [5, 5.41) is 5.00. The molecule has 6 nitrogen and oxygen atoms in total. The number of hydrogen-bond donors (Lipinski definition) is 2. The first-order valence-corrected chi connectivity index (χ1v) is 5.12. The molecule has 2 heterocycles. The standard InChI is InChI=1S/C11H10FN5O/c1-13-10-9(12)7(2-3-16-10)11(18)17-8-6-14-4-5-15-8/h2-6H,1H3,(H,13,16)(H,15,17,18). The van der Waals surface area contributed by atoms with Crippen molar-refractivity contribution in [2.75, 3.05) is 17.7 Å². The summed E-state index contributed by atoms with van der Waals surface area (Å²) in [6.07, 6.45) is 5.62. The van der Waals surface area contributed by atoms with Crippen LogP contribution < -0.4 is 10.6 Å². The Labute approximate surface area is 102 Å². The number of nitrogens with one attached hydrogen (secondary N) is 2. The minimum atomic E-state index is -0.707. The van der Waals surface area contributed by atoms with Crippen molar-refractivity contribution < 1.29 is 9.18 Å². The molecule has 2 aromatic rings. The third kappa shape index (κ3) is 2.40. The highest BCUT2D eigenvalue weighted by Crippen LogP contribution is 2.15. The Morgan fingerprint density at radius 3 is 2.78 bits per heavy atom. The molecule has 0 aliphatic rings. The molecule has 0 aromatic carbocycles. The highest BCUT2D eigenvalue weighted by molar-refractivity contribution is 6.04. The molecule has 92 valence electrons. The zero-order valence-corrected chi connectivity index (χ0v) is 9.51. The lowest BCUT2D eigenvalue weighted by Crippen LogP contribution is -2.16. The maximum atomic E-state index is 13.8. The van der Waals surface area contributed by atoms with Crippen molar-refractivity contribution >= 4 is 17.5 Å². The van der Waals surface area contributed by atoms with Crippen LogP contribution in [0.25, 0.3) is 0 Å². The Bertz CT molecular complexity index is 561. The number of carbonyl (C=O) groups is 1. The van der Waals surface area contributed by atoms with Crippen molar-refractivity contribution in [2.45, 2.75) is 0 Å². The summed E-state index contributed by atoms with van der Waals surface area (Å²) in [5.74, 6) is -1.04. The summed E-state index contributed by atoms with van der Waals surface area (Å²) in [7, 11) is 1.52. The van der Waals surface area contributed by atoms with Gasteiger partial charge in [0.1, 0.15) is 0 Å². The van der Waals surface area contributed by atoms with Crippen molar-refractivity contribution in [3.8, 4) is 0 Å². The summed E-state index contributed by atoms with van der Waals surface area (Å²) in [4.78, 5) is 23.2. The van der Waals surface area contributed by atoms with Crippen molar-refractivity contribution in [2.24, 2.45) is 0 Å². The number of pyridine rings is 1. The predicted molar refractivity (Wildman–Crippen MR) is 63.7 cm³/mol. The fourth-order valence-electron chi connectivity index (χ4n) is 1.34. The van der Waals surface area contributed by atoms with Crippen molar-refractivity contribution in [1.29, 1.82) is 0 Å². The van der Waals surface area contributed by atoms with Gasteiger partial charge in [0.15, 0.2) is 17.5 Å². The van der Waals surface area contributed by atoms with E-state index in [1.807, 2.05) is 0 Å². The molecule has 2 rings (SSSR count). The molecule has 0 unspecified atom stereocenters. The van der Waals surface area contributed by atoms with E-state index >= 15 is 0 Å². The Kier molecular flexibility index (Phi) is 3.42. The van der Waals surface area contributed by atoms with Gasteiger partial charge in [-0.2, -0.15) is 0 Å². The zero-order valence-electron chi connectivity index (χ0n) is 9.51. The van der Waals surface area contributed by atoms with Crippen LogP contribution in [0.15, 0.2) is 30.9 Å². The van der Waals surface area contributed by atoms with Gasteiger partial charge in [0.25, 0.3) is 5.91 Å². The summed E-state index contributed by atoms with van der Waals surface area (Å²) < 4.78 is 13.8. The molecule has 7 heteroatoms. The Hall–Kier alpha value is -2.57. The average molecular weight is 247 g/mol. The number of anilines is 2. The van der Waals surface area contributed by atoms with Crippen LogP contribution in [0, 0.1) is 5.82 Å². The number of rotatable bonds is 3. The van der Waals surface area contributed by atoms with Crippen LogP contribution in [0.1, 0.15) is 10.4 Å². The second-order valence-corrected chi connectivity index (χ2v) is 3.32. The van der Waals surface area contributed by atoms with E-state index in [1.54, 1.807) is 0 Å². The van der Waals surface area contributed by atoms with Crippen molar-refractivity contribution in [3.05, 3.63) is 42.2 Å². The van der Waals surface area contributed by atoms with E-state index in [4.69, 9.17) is 0 Å². The number of carbonyl (C=O) groups excluding carboxylic acids is 1. The van der Waals surface area contributed by atoms with Gasteiger partial charge in [0, 0.05) is 25.6 Å². The second-order valence-electron chi connectivity index (χ2n) is 3.32. The Morgan fingerprint density at radius 2 is 2.11 bits per heavy atom. The normalized spacial score (nSPS) is 9.89. The molecular weight excluding hydrogens is 237 g/mol. The molecule has 0 saturated carbocycles. The molecule has 0 aliphatic carbocycles. The first-order chi connectivity index (χ1) is 8.72. The Morgan fingerprint density at radius 1 is 1.28 bits per heavy atom. The zero-order chi connectivity index (χ0) is 13.0. The topological polar surface area (TPSA) is 79.8 Å². The molecule has 0 spiro atoms. The molecule has 2 N–H and O–H groups in total. The largest absolute Gasteiger partial charge is 0.371 e. The molecule has 0 fully saturated rings. The van der Waals surface area contributed by atoms with Gasteiger partial charge in [0.05, 0.1) is 11.8 Å². The van der Waals surface area contributed by atoms with Crippen LogP contribution >= 0.6 is 0 Å². The van der Waals surface area contributed by atoms with Crippen LogP contribution in [0.5, 0.6) is 0 Å². The minimum absolute atomic E-state index is 0.0156. The van der Waals surface area contributed by atoms with Crippen LogP contribution in [-0.4, -0.2) is 27.9 Å². The summed E-state index contributed by atoms with van der Waals surface area (Å²) in [5.41, 5.74) is -0.111. The lowest BCUT2D eigenvalue weighted by molar-refractivity contribution is 0.102. The van der Waals surface area contributed by atoms with Gasteiger partial charge >= 0.3 is 0 Å². The van der Waals surface area contributed by atoms with Crippen LogP contribution in [0.4, 0.5) is 16.0 Å². The van der Waals surface area contributed by atoms with E-state index in [0.29, 0.717) is 0 Å². The SMILES string of the molecule is CNc1nccc(C(=O)Nc2cnccn2)c1F. The smallest absolute Gasteiger partial charge is 0.260 e. The molecule has 0 atom stereocenters. The Balaban J connectivity index is 2.24. The fraction of sp³-hybridized carbons (Fsp3) is 0.0909. The van der Waals surface area contributed by atoms with Crippen molar-refractivity contribution in [1.82, 2.24) is 15.0 Å². The molecule has 0 bridgehead atoms. The van der Waals surface area contributed by atoms with E-state index in [1.165, 1.54) is 37.9 Å². The summed E-state index contributed by atoms with van der Waals surface area (Å²) in [6.45, 7) is 0. The first-order valence-electron chi connectivity index (χ1n) is 5.12. The number of amides is 1. The fourth-order valence-corrected chi connectivity index (χ4v) is 1.34. The number of nitrogens with zero attached hydrogens (tertiary/aromatic N) is 3. The first kappa shape index (κ1) is 11.9. The second kappa shape index (κ2) is 5.17. The van der Waals surface area contributed by atoms with E-state index in [0.717, 1.165) is 0 Å². The number of hydrogen-bond acceptors (Lipinski definition) is 5. The van der Waals surface area contributed by atoms with Gasteiger partial charge in [-0.25, -0.2) is 14.4 Å². The van der Waals surface area contributed by atoms with Gasteiger partial charge < -0.3 is 10.6 Å². The van der Waals surface area contributed by atoms with Crippen LogP contribution in [0.3, 0.4) is 0 Å². The molecule has 0 saturated heterocycles. The quantitative estimate of drug-likeness (QED) is 0.854. The van der Waals surface area contributed by atoms with E-state index in [9.17, 15) is 9.18 Å².